The highest BCUT2D eigenvalue weighted by Crippen LogP contribution is 2.40. The summed E-state index contributed by atoms with van der Waals surface area (Å²) in [5, 5.41) is 1.05. The van der Waals surface area contributed by atoms with E-state index in [9.17, 15) is 9.46 Å². The second-order valence-corrected chi connectivity index (χ2v) is 6.77. The van der Waals surface area contributed by atoms with E-state index >= 15 is 0 Å². The van der Waals surface area contributed by atoms with Crippen LogP contribution in [0, 0.1) is 20.8 Å². The van der Waals surface area contributed by atoms with Gasteiger partial charge in [0.1, 0.15) is 0 Å². The summed E-state index contributed by atoms with van der Waals surface area (Å²) in [7, 11) is -3.49. The lowest BCUT2D eigenvalue weighted by molar-refractivity contribution is 0.500. The molecule has 0 radical (unpaired) electrons. The third-order valence-electron chi connectivity index (χ3n) is 3.04. The molecule has 2 nitrogen and oxygen atoms in total. The van der Waals surface area contributed by atoms with Gasteiger partial charge in [0.15, 0.2) is 0 Å². The number of benzene rings is 2. The molecule has 0 bridgehead atoms. The molecule has 18 heavy (non-hydrogen) atoms. The van der Waals surface area contributed by atoms with Gasteiger partial charge < -0.3 is 4.89 Å². The van der Waals surface area contributed by atoms with E-state index in [1.165, 1.54) is 0 Å². The molecule has 1 N–H and O–H groups in total. The molecule has 0 heterocycles. The van der Waals surface area contributed by atoms with Crippen molar-refractivity contribution >= 4 is 18.0 Å². The van der Waals surface area contributed by atoms with Crippen molar-refractivity contribution in [3.8, 4) is 0 Å². The Balaban J connectivity index is 2.66. The SMILES string of the molecule is Cc1cc(C)c(P(=O)(O)c2ccccc2)c(C)c1. The fraction of sp³-hybridized carbons (Fsp3) is 0.200. The molecule has 0 saturated heterocycles. The van der Waals surface area contributed by atoms with Crippen LogP contribution >= 0.6 is 7.37 Å². The second kappa shape index (κ2) is 4.72. The summed E-state index contributed by atoms with van der Waals surface area (Å²) in [6.07, 6.45) is 0. The van der Waals surface area contributed by atoms with Gasteiger partial charge in [0.25, 0.3) is 7.37 Å². The van der Waals surface area contributed by atoms with Gasteiger partial charge in [-0.05, 0) is 44.0 Å². The van der Waals surface area contributed by atoms with Gasteiger partial charge in [-0.25, -0.2) is 0 Å². The van der Waals surface area contributed by atoms with Gasteiger partial charge in [-0.2, -0.15) is 0 Å². The normalized spacial score (nSPS) is 14.2. The summed E-state index contributed by atoms with van der Waals surface area (Å²) in [6.45, 7) is 5.77. The predicted molar refractivity (Wildman–Crippen MR) is 76.2 cm³/mol. The third-order valence-corrected chi connectivity index (χ3v) is 5.35. The summed E-state index contributed by atoms with van der Waals surface area (Å²) in [4.78, 5) is 10.5. The lowest BCUT2D eigenvalue weighted by Crippen LogP contribution is -2.20. The van der Waals surface area contributed by atoms with E-state index in [2.05, 4.69) is 0 Å². The summed E-state index contributed by atoms with van der Waals surface area (Å²) in [5.74, 6) is 0. The van der Waals surface area contributed by atoms with E-state index in [0.717, 1.165) is 16.7 Å². The fourth-order valence-electron chi connectivity index (χ4n) is 2.41. The van der Waals surface area contributed by atoms with Crippen molar-refractivity contribution in [3.63, 3.8) is 0 Å². The van der Waals surface area contributed by atoms with Crippen LogP contribution in [0.5, 0.6) is 0 Å². The maximum absolute atomic E-state index is 12.7. The molecule has 0 aromatic heterocycles. The van der Waals surface area contributed by atoms with Crippen LogP contribution in [0.4, 0.5) is 0 Å². The quantitative estimate of drug-likeness (QED) is 0.843. The van der Waals surface area contributed by atoms with Crippen molar-refractivity contribution in [1.82, 2.24) is 0 Å². The minimum absolute atomic E-state index is 0.486. The zero-order chi connectivity index (χ0) is 13.3. The summed E-state index contributed by atoms with van der Waals surface area (Å²) >= 11 is 0. The van der Waals surface area contributed by atoms with Crippen molar-refractivity contribution in [2.45, 2.75) is 20.8 Å². The number of hydrogen-bond acceptors (Lipinski definition) is 1. The summed E-state index contributed by atoms with van der Waals surface area (Å²) in [5.41, 5.74) is 2.87. The molecular weight excluding hydrogens is 243 g/mol. The number of aryl methyl sites for hydroxylation is 3. The molecule has 0 aliphatic heterocycles. The molecule has 0 saturated carbocycles. The van der Waals surface area contributed by atoms with Crippen LogP contribution < -0.4 is 10.6 Å². The van der Waals surface area contributed by atoms with Crippen LogP contribution in [-0.2, 0) is 4.57 Å². The van der Waals surface area contributed by atoms with E-state index in [-0.39, 0.29) is 0 Å². The van der Waals surface area contributed by atoms with E-state index in [1.54, 1.807) is 24.3 Å². The van der Waals surface area contributed by atoms with Gasteiger partial charge in [0, 0.05) is 10.6 Å². The van der Waals surface area contributed by atoms with Crippen molar-refractivity contribution < 1.29 is 9.46 Å². The fourth-order valence-corrected chi connectivity index (χ4v) is 4.33. The van der Waals surface area contributed by atoms with Crippen molar-refractivity contribution in [2.75, 3.05) is 0 Å². The van der Waals surface area contributed by atoms with E-state index < -0.39 is 7.37 Å². The molecule has 2 rings (SSSR count). The summed E-state index contributed by atoms with van der Waals surface area (Å²) in [6, 6.07) is 12.7. The topological polar surface area (TPSA) is 37.3 Å². The molecule has 94 valence electrons. The molecule has 1 atom stereocenters. The standard InChI is InChI=1S/C15H17O2P/c1-11-9-12(2)15(13(3)10-11)18(16,17)14-7-5-4-6-8-14/h4-10H,1-3H3,(H,16,17). The van der Waals surface area contributed by atoms with Crippen LogP contribution in [0.15, 0.2) is 42.5 Å². The van der Waals surface area contributed by atoms with Crippen molar-refractivity contribution in [1.29, 1.82) is 0 Å². The molecule has 2 aromatic rings. The maximum Gasteiger partial charge on any atom is 0.259 e. The minimum atomic E-state index is -3.49. The Morgan fingerprint density at radius 1 is 0.944 bits per heavy atom. The highest BCUT2D eigenvalue weighted by molar-refractivity contribution is 7.73. The van der Waals surface area contributed by atoms with Gasteiger partial charge in [0.2, 0.25) is 0 Å². The Bertz CT molecular complexity index is 595. The Hall–Kier alpha value is -1.37. The average molecular weight is 260 g/mol. The van der Waals surface area contributed by atoms with Crippen LogP contribution in [-0.4, -0.2) is 4.89 Å². The first-order valence-corrected chi connectivity index (χ1v) is 7.55. The first-order valence-electron chi connectivity index (χ1n) is 5.90. The molecule has 2 aromatic carbocycles. The number of rotatable bonds is 2. The van der Waals surface area contributed by atoms with Gasteiger partial charge in [-0.3, -0.25) is 4.57 Å². The summed E-state index contributed by atoms with van der Waals surface area (Å²) < 4.78 is 12.7. The lowest BCUT2D eigenvalue weighted by atomic mass is 10.1. The number of hydrogen-bond donors (Lipinski definition) is 1. The first kappa shape index (κ1) is 13.1. The second-order valence-electron chi connectivity index (χ2n) is 4.66. The van der Waals surface area contributed by atoms with Crippen LogP contribution in [0.2, 0.25) is 0 Å². The monoisotopic (exact) mass is 260 g/mol. The largest absolute Gasteiger partial charge is 0.338 e. The highest BCUT2D eigenvalue weighted by atomic mass is 31.2. The smallest absolute Gasteiger partial charge is 0.259 e. The van der Waals surface area contributed by atoms with Gasteiger partial charge in [-0.15, -0.1) is 0 Å². The van der Waals surface area contributed by atoms with Crippen molar-refractivity contribution in [2.24, 2.45) is 0 Å². The molecule has 3 heteroatoms. The maximum atomic E-state index is 12.7. The van der Waals surface area contributed by atoms with E-state index in [0.29, 0.717) is 10.6 Å². The average Bonchev–Trinajstić information content (AvgIpc) is 2.28. The minimum Gasteiger partial charge on any atom is -0.338 e. The van der Waals surface area contributed by atoms with Gasteiger partial charge in [-0.1, -0.05) is 35.9 Å². The zero-order valence-corrected chi connectivity index (χ0v) is 11.7. The molecule has 0 amide bonds. The third kappa shape index (κ3) is 2.27. The molecule has 1 unspecified atom stereocenters. The molecule has 0 aliphatic rings. The molecule has 0 fully saturated rings. The van der Waals surface area contributed by atoms with Crippen LogP contribution in [0.25, 0.3) is 0 Å². The van der Waals surface area contributed by atoms with Crippen molar-refractivity contribution in [3.05, 3.63) is 59.2 Å². The Morgan fingerprint density at radius 2 is 1.44 bits per heavy atom. The van der Waals surface area contributed by atoms with Crippen LogP contribution in [0.3, 0.4) is 0 Å². The first-order chi connectivity index (χ1) is 8.43. The Morgan fingerprint density at radius 3 is 1.94 bits per heavy atom. The molecule has 0 spiro atoms. The van der Waals surface area contributed by atoms with Gasteiger partial charge in [0.05, 0.1) is 0 Å². The Labute approximate surface area is 108 Å². The molecular formula is C15H17O2P. The Kier molecular flexibility index (Phi) is 3.43. The zero-order valence-electron chi connectivity index (χ0n) is 10.8. The van der Waals surface area contributed by atoms with Gasteiger partial charge >= 0.3 is 0 Å². The van der Waals surface area contributed by atoms with Crippen LogP contribution in [0.1, 0.15) is 16.7 Å². The highest BCUT2D eigenvalue weighted by Gasteiger charge is 2.27. The predicted octanol–water partition coefficient (Wildman–Crippen LogP) is 2.83. The van der Waals surface area contributed by atoms with E-state index in [4.69, 9.17) is 0 Å². The lowest BCUT2D eigenvalue weighted by Gasteiger charge is -2.18. The van der Waals surface area contributed by atoms with E-state index in [1.807, 2.05) is 39.0 Å². The molecule has 0 aliphatic carbocycles.